The van der Waals surface area contributed by atoms with Gasteiger partial charge in [0.25, 0.3) is 0 Å². The molecule has 1 fully saturated rings. The first kappa shape index (κ1) is 19.3. The third-order valence-electron chi connectivity index (χ3n) is 3.80. The van der Waals surface area contributed by atoms with E-state index in [0.29, 0.717) is 18.8 Å². The van der Waals surface area contributed by atoms with Crippen LogP contribution in [0.2, 0.25) is 0 Å². The lowest BCUT2D eigenvalue weighted by Crippen LogP contribution is -3.12. The van der Waals surface area contributed by atoms with Gasteiger partial charge in [-0.25, -0.2) is 8.42 Å². The van der Waals surface area contributed by atoms with Crippen LogP contribution in [0.5, 0.6) is 0 Å². The maximum atomic E-state index is 12.6. The molecular formula is C15H21N3O6S. The minimum Gasteiger partial charge on any atom is -0.548 e. The second kappa shape index (κ2) is 8.39. The average molecular weight is 371 g/mol. The molecule has 0 bridgehead atoms. The molecule has 0 aromatic heterocycles. The molecule has 0 saturated carbocycles. The van der Waals surface area contributed by atoms with Crippen molar-refractivity contribution in [3.8, 4) is 0 Å². The highest BCUT2D eigenvalue weighted by Crippen LogP contribution is 2.18. The number of sulfonamides is 1. The Kier molecular flexibility index (Phi) is 6.48. The summed E-state index contributed by atoms with van der Waals surface area (Å²) in [5.74, 6) is -1.95. The number of rotatable bonds is 7. The zero-order valence-corrected chi connectivity index (χ0v) is 14.7. The van der Waals surface area contributed by atoms with Gasteiger partial charge in [0.15, 0.2) is 0 Å². The van der Waals surface area contributed by atoms with Crippen molar-refractivity contribution in [2.45, 2.75) is 4.90 Å². The fourth-order valence-electron chi connectivity index (χ4n) is 2.39. The van der Waals surface area contributed by atoms with Crippen molar-refractivity contribution in [2.24, 2.45) is 0 Å². The molecule has 2 rings (SSSR count). The van der Waals surface area contributed by atoms with Crippen LogP contribution < -0.4 is 15.3 Å². The van der Waals surface area contributed by atoms with Gasteiger partial charge in [0.2, 0.25) is 15.9 Å². The lowest BCUT2D eigenvalue weighted by Gasteiger charge is -2.29. The molecule has 138 valence electrons. The number of nitrogens with one attached hydrogen (secondary N) is 2. The zero-order valence-electron chi connectivity index (χ0n) is 13.9. The Morgan fingerprint density at radius 1 is 1.20 bits per heavy atom. The molecule has 9 nitrogen and oxygen atoms in total. The number of carboxylic acid groups (broad SMARTS) is 1. The number of anilines is 1. The number of quaternary nitrogens is 1. The normalized spacial score (nSPS) is 16.5. The number of carbonyl (C=O) groups excluding carboxylic acids is 2. The zero-order chi connectivity index (χ0) is 18.4. The first-order valence-electron chi connectivity index (χ1n) is 7.78. The Hall–Kier alpha value is -2.01. The number of carboxylic acids is 1. The molecule has 0 aliphatic carbocycles. The number of nitrogens with zero attached hydrogens (tertiary/aromatic N) is 1. The van der Waals surface area contributed by atoms with Gasteiger partial charge in [0.05, 0.1) is 50.7 Å². The van der Waals surface area contributed by atoms with Gasteiger partial charge in [-0.05, 0) is 24.3 Å². The van der Waals surface area contributed by atoms with Gasteiger partial charge in [0.1, 0.15) is 6.61 Å². The van der Waals surface area contributed by atoms with E-state index in [0.717, 1.165) is 13.1 Å². The maximum Gasteiger partial charge on any atom is 0.250 e. The smallest absolute Gasteiger partial charge is 0.250 e. The average Bonchev–Trinajstić information content (AvgIpc) is 2.55. The third-order valence-corrected chi connectivity index (χ3v) is 5.72. The van der Waals surface area contributed by atoms with E-state index in [1.54, 1.807) is 0 Å². The molecule has 1 aromatic carbocycles. The Morgan fingerprint density at radius 3 is 2.36 bits per heavy atom. The van der Waals surface area contributed by atoms with Crippen LogP contribution >= 0.6 is 0 Å². The van der Waals surface area contributed by atoms with Crippen LogP contribution in [0, 0.1) is 0 Å². The number of benzene rings is 1. The van der Waals surface area contributed by atoms with Gasteiger partial charge in [0, 0.05) is 5.69 Å². The van der Waals surface area contributed by atoms with Crippen LogP contribution in [0.25, 0.3) is 0 Å². The van der Waals surface area contributed by atoms with Gasteiger partial charge in [-0.3, -0.25) is 4.79 Å². The highest BCUT2D eigenvalue weighted by Gasteiger charge is 2.28. The van der Waals surface area contributed by atoms with Crippen molar-refractivity contribution in [1.82, 2.24) is 4.31 Å². The third kappa shape index (κ3) is 5.49. The molecule has 1 aliphatic heterocycles. The van der Waals surface area contributed by atoms with Crippen molar-refractivity contribution >= 4 is 27.6 Å². The molecule has 0 spiro atoms. The largest absolute Gasteiger partial charge is 0.548 e. The van der Waals surface area contributed by atoms with E-state index in [-0.39, 0.29) is 4.90 Å². The SMILES string of the molecule is C[NH+]1CCN(S(=O)(=O)c2ccc(NC(=O)COCC(=O)[O-])cc2)CC1. The molecule has 1 aliphatic rings. The highest BCUT2D eigenvalue weighted by atomic mass is 32.2. The van der Waals surface area contributed by atoms with Crippen molar-refractivity contribution < 1.29 is 32.8 Å². The molecular weight excluding hydrogens is 350 g/mol. The number of piperazine rings is 1. The second-order valence-corrected chi connectivity index (χ2v) is 7.74. The number of hydrogen-bond acceptors (Lipinski definition) is 6. The Labute approximate surface area is 146 Å². The van der Waals surface area contributed by atoms with Crippen molar-refractivity contribution in [3.63, 3.8) is 0 Å². The minimum absolute atomic E-state index is 0.165. The summed E-state index contributed by atoms with van der Waals surface area (Å²) in [5.41, 5.74) is 0.392. The molecule has 25 heavy (non-hydrogen) atoms. The van der Waals surface area contributed by atoms with Crippen LogP contribution in [0.1, 0.15) is 0 Å². The molecule has 0 atom stereocenters. The second-order valence-electron chi connectivity index (χ2n) is 5.80. The number of hydrogen-bond donors (Lipinski definition) is 2. The monoisotopic (exact) mass is 371 g/mol. The predicted octanol–water partition coefficient (Wildman–Crippen LogP) is -3.09. The molecule has 2 N–H and O–H groups in total. The number of carbonyl (C=O) groups is 2. The van der Waals surface area contributed by atoms with Crippen LogP contribution in [0.15, 0.2) is 29.2 Å². The number of amides is 1. The minimum atomic E-state index is -3.54. The summed E-state index contributed by atoms with van der Waals surface area (Å²) in [6, 6.07) is 5.81. The van der Waals surface area contributed by atoms with Gasteiger partial charge in [-0.15, -0.1) is 0 Å². The quantitative estimate of drug-likeness (QED) is 0.524. The van der Waals surface area contributed by atoms with Crippen LogP contribution in [0.3, 0.4) is 0 Å². The number of ether oxygens (including phenoxy) is 1. The summed E-state index contributed by atoms with van der Waals surface area (Å²) < 4.78 is 31.2. The molecule has 10 heteroatoms. The van der Waals surface area contributed by atoms with E-state index < -0.39 is 35.1 Å². The van der Waals surface area contributed by atoms with Gasteiger partial charge in [-0.1, -0.05) is 0 Å². The van der Waals surface area contributed by atoms with Crippen LogP contribution in [-0.4, -0.2) is 71.0 Å². The lowest BCUT2D eigenvalue weighted by molar-refractivity contribution is -0.883. The fourth-order valence-corrected chi connectivity index (χ4v) is 3.83. The maximum absolute atomic E-state index is 12.6. The van der Waals surface area contributed by atoms with Crippen LogP contribution in [-0.2, 0) is 24.3 Å². The summed E-state index contributed by atoms with van der Waals surface area (Å²) in [6.07, 6.45) is 0. The number of likely N-dealkylation sites (N-methyl/N-ethyl adjacent to an activating group) is 1. The lowest BCUT2D eigenvalue weighted by atomic mass is 10.3. The van der Waals surface area contributed by atoms with Gasteiger partial charge >= 0.3 is 0 Å². The van der Waals surface area contributed by atoms with E-state index in [1.165, 1.54) is 33.5 Å². The number of aliphatic carboxylic acids is 1. The van der Waals surface area contributed by atoms with Crippen molar-refractivity contribution in [3.05, 3.63) is 24.3 Å². The van der Waals surface area contributed by atoms with Gasteiger partial charge in [-0.2, -0.15) is 4.31 Å². The highest BCUT2D eigenvalue weighted by molar-refractivity contribution is 7.89. The van der Waals surface area contributed by atoms with E-state index in [2.05, 4.69) is 10.1 Å². The molecule has 1 heterocycles. The summed E-state index contributed by atoms with van der Waals surface area (Å²) in [4.78, 5) is 23.2. The summed E-state index contributed by atoms with van der Waals surface area (Å²) in [6.45, 7) is 1.37. The summed E-state index contributed by atoms with van der Waals surface area (Å²) >= 11 is 0. The molecule has 0 unspecified atom stereocenters. The standard InChI is InChI=1S/C15H21N3O6S/c1-17-6-8-18(9-7-17)25(22,23)13-4-2-12(3-5-13)16-14(19)10-24-11-15(20)21/h2-5H,6-11H2,1H3,(H,16,19)(H,20,21). The molecule has 1 aromatic rings. The van der Waals surface area contributed by atoms with E-state index >= 15 is 0 Å². The molecule has 1 amide bonds. The molecule has 0 radical (unpaired) electrons. The Morgan fingerprint density at radius 2 is 1.80 bits per heavy atom. The van der Waals surface area contributed by atoms with E-state index in [9.17, 15) is 23.1 Å². The topological polar surface area (TPSA) is 120 Å². The Bertz CT molecular complexity index is 711. The molecule has 1 saturated heterocycles. The van der Waals surface area contributed by atoms with E-state index in [4.69, 9.17) is 0 Å². The first-order valence-corrected chi connectivity index (χ1v) is 9.22. The van der Waals surface area contributed by atoms with Crippen molar-refractivity contribution in [1.29, 1.82) is 0 Å². The van der Waals surface area contributed by atoms with E-state index in [1.807, 2.05) is 7.05 Å². The first-order chi connectivity index (χ1) is 11.8. The van der Waals surface area contributed by atoms with Gasteiger partial charge < -0.3 is 24.9 Å². The predicted molar refractivity (Wildman–Crippen MR) is 86.3 cm³/mol. The fraction of sp³-hybridized carbons (Fsp3) is 0.467. The summed E-state index contributed by atoms with van der Waals surface area (Å²) in [5, 5.41) is 12.7. The Balaban J connectivity index is 1.94. The van der Waals surface area contributed by atoms with Crippen molar-refractivity contribution in [2.75, 3.05) is 51.8 Å². The van der Waals surface area contributed by atoms with Crippen LogP contribution in [0.4, 0.5) is 5.69 Å². The summed E-state index contributed by atoms with van der Waals surface area (Å²) in [7, 11) is -1.52.